The Morgan fingerprint density at radius 2 is 2.00 bits per heavy atom. The van der Waals surface area contributed by atoms with E-state index in [0.29, 0.717) is 0 Å². The molecule has 0 aliphatic carbocycles. The summed E-state index contributed by atoms with van der Waals surface area (Å²) < 4.78 is 0. The molecule has 0 fully saturated rings. The quantitative estimate of drug-likeness (QED) is 0.359. The third-order valence-corrected chi connectivity index (χ3v) is 2.84. The van der Waals surface area contributed by atoms with Crippen LogP contribution in [0.1, 0.15) is 27.2 Å². The van der Waals surface area contributed by atoms with Gasteiger partial charge in [0.25, 0.3) is 0 Å². The fourth-order valence-corrected chi connectivity index (χ4v) is 1.82. The van der Waals surface area contributed by atoms with Gasteiger partial charge in [0.1, 0.15) is 0 Å². The van der Waals surface area contributed by atoms with Crippen molar-refractivity contribution in [1.82, 2.24) is 0 Å². The number of benzene rings is 1. The molecule has 0 aromatic heterocycles. The Balaban J connectivity index is 2.97. The molecule has 3 nitrogen and oxygen atoms in total. The van der Waals surface area contributed by atoms with E-state index >= 15 is 0 Å². The van der Waals surface area contributed by atoms with Gasteiger partial charge in [-0.2, -0.15) is 0 Å². The fourth-order valence-electron chi connectivity index (χ4n) is 1.82. The molecule has 0 amide bonds. The molecule has 1 N–H and O–H groups in total. The van der Waals surface area contributed by atoms with E-state index in [2.05, 4.69) is 49.0 Å². The van der Waals surface area contributed by atoms with Crippen LogP contribution in [0.5, 0.6) is 0 Å². The van der Waals surface area contributed by atoms with Crippen LogP contribution >= 0.6 is 0 Å². The zero-order valence-electron chi connectivity index (χ0n) is 11.4. The lowest BCUT2D eigenvalue weighted by Crippen LogP contribution is -2.36. The molecule has 1 aromatic carbocycles. The van der Waals surface area contributed by atoms with Crippen LogP contribution in [0.4, 0.5) is 5.69 Å². The Bertz CT molecular complexity index is 394. The number of rotatable bonds is 6. The van der Waals surface area contributed by atoms with Crippen molar-refractivity contribution in [3.63, 3.8) is 0 Å². The molecular formula is C15H22N2O. The van der Waals surface area contributed by atoms with E-state index in [0.717, 1.165) is 18.7 Å². The second kappa shape index (κ2) is 7.54. The largest absolute Gasteiger partial charge is 0.411 e. The van der Waals surface area contributed by atoms with Crippen LogP contribution in [-0.2, 0) is 0 Å². The van der Waals surface area contributed by atoms with Crippen LogP contribution in [0.2, 0.25) is 0 Å². The van der Waals surface area contributed by atoms with Crippen molar-refractivity contribution in [2.75, 3.05) is 11.4 Å². The van der Waals surface area contributed by atoms with Crippen LogP contribution < -0.4 is 4.90 Å². The molecule has 0 spiro atoms. The summed E-state index contributed by atoms with van der Waals surface area (Å²) in [6.07, 6.45) is 4.67. The first-order valence-electron chi connectivity index (χ1n) is 6.31. The summed E-state index contributed by atoms with van der Waals surface area (Å²) in [6, 6.07) is 10.3. The monoisotopic (exact) mass is 246 g/mol. The highest BCUT2D eigenvalue weighted by molar-refractivity contribution is 5.70. The Kier molecular flexibility index (Phi) is 5.98. The standard InChI is InChI=1S/C15H22N2O/c1-4-14(12-16-18)17(11-10-13(2)3)15-8-6-5-7-9-15/h5-10,12,14,18H,4,11H2,1-3H3/b16-12+. The maximum absolute atomic E-state index is 8.77. The molecule has 3 heteroatoms. The molecule has 0 saturated heterocycles. The molecule has 0 aliphatic heterocycles. The maximum atomic E-state index is 8.77. The van der Waals surface area contributed by atoms with Gasteiger partial charge in [-0.25, -0.2) is 0 Å². The lowest BCUT2D eigenvalue weighted by Gasteiger charge is -2.29. The normalized spacial score (nSPS) is 12.4. The van der Waals surface area contributed by atoms with Crippen molar-refractivity contribution in [1.29, 1.82) is 0 Å². The van der Waals surface area contributed by atoms with Gasteiger partial charge in [0.2, 0.25) is 0 Å². The zero-order chi connectivity index (χ0) is 13.4. The summed E-state index contributed by atoms with van der Waals surface area (Å²) in [5.41, 5.74) is 2.42. The van der Waals surface area contributed by atoms with Gasteiger partial charge in [-0.3, -0.25) is 0 Å². The summed E-state index contributed by atoms with van der Waals surface area (Å²) >= 11 is 0. The van der Waals surface area contributed by atoms with Crippen LogP contribution in [-0.4, -0.2) is 24.0 Å². The Hall–Kier alpha value is -1.77. The van der Waals surface area contributed by atoms with Crippen LogP contribution in [0.15, 0.2) is 47.1 Å². The molecule has 98 valence electrons. The van der Waals surface area contributed by atoms with Gasteiger partial charge in [0, 0.05) is 12.2 Å². The molecule has 18 heavy (non-hydrogen) atoms. The highest BCUT2D eigenvalue weighted by Gasteiger charge is 2.14. The van der Waals surface area contributed by atoms with Crippen molar-refractivity contribution in [3.8, 4) is 0 Å². The number of hydrogen-bond donors (Lipinski definition) is 1. The Morgan fingerprint density at radius 1 is 1.33 bits per heavy atom. The highest BCUT2D eigenvalue weighted by atomic mass is 16.4. The number of hydrogen-bond acceptors (Lipinski definition) is 3. The topological polar surface area (TPSA) is 35.8 Å². The van der Waals surface area contributed by atoms with Gasteiger partial charge in [-0.05, 0) is 32.4 Å². The predicted molar refractivity (Wildman–Crippen MR) is 77.6 cm³/mol. The van der Waals surface area contributed by atoms with Gasteiger partial charge in [-0.15, -0.1) is 0 Å². The number of anilines is 1. The number of nitrogens with zero attached hydrogens (tertiary/aromatic N) is 2. The molecule has 1 atom stereocenters. The molecule has 0 heterocycles. The first kappa shape index (κ1) is 14.3. The van der Waals surface area contributed by atoms with Crippen molar-refractivity contribution in [2.24, 2.45) is 5.16 Å². The van der Waals surface area contributed by atoms with E-state index < -0.39 is 0 Å². The minimum Gasteiger partial charge on any atom is -0.411 e. The minimum absolute atomic E-state index is 0.105. The van der Waals surface area contributed by atoms with Crippen molar-refractivity contribution in [2.45, 2.75) is 33.2 Å². The van der Waals surface area contributed by atoms with Crippen LogP contribution in [0, 0.1) is 0 Å². The number of para-hydroxylation sites is 1. The van der Waals surface area contributed by atoms with E-state index in [9.17, 15) is 0 Å². The van der Waals surface area contributed by atoms with Crippen LogP contribution in [0.3, 0.4) is 0 Å². The molecule has 0 radical (unpaired) electrons. The highest BCUT2D eigenvalue weighted by Crippen LogP contribution is 2.17. The van der Waals surface area contributed by atoms with Crippen molar-refractivity contribution in [3.05, 3.63) is 42.0 Å². The third-order valence-electron chi connectivity index (χ3n) is 2.84. The second-order valence-electron chi connectivity index (χ2n) is 4.51. The van der Waals surface area contributed by atoms with E-state index in [-0.39, 0.29) is 6.04 Å². The third kappa shape index (κ3) is 4.24. The molecule has 1 unspecified atom stereocenters. The maximum Gasteiger partial charge on any atom is 0.0678 e. The first-order valence-corrected chi connectivity index (χ1v) is 6.31. The van der Waals surface area contributed by atoms with Gasteiger partial charge < -0.3 is 10.1 Å². The number of oxime groups is 1. The zero-order valence-corrected chi connectivity index (χ0v) is 11.4. The lowest BCUT2D eigenvalue weighted by atomic mass is 10.1. The average Bonchev–Trinajstić information content (AvgIpc) is 2.38. The second-order valence-corrected chi connectivity index (χ2v) is 4.51. The first-order chi connectivity index (χ1) is 8.69. The van der Waals surface area contributed by atoms with Gasteiger partial charge in [0.15, 0.2) is 0 Å². The van der Waals surface area contributed by atoms with E-state index in [1.807, 2.05) is 18.2 Å². The molecule has 0 bridgehead atoms. The summed E-state index contributed by atoms with van der Waals surface area (Å²) in [5, 5.41) is 12.0. The SMILES string of the molecule is CCC(/C=N/O)N(CC=C(C)C)c1ccccc1. The van der Waals surface area contributed by atoms with E-state index in [1.165, 1.54) is 5.57 Å². The predicted octanol–water partition coefficient (Wildman–Crippen LogP) is 3.70. The fraction of sp³-hybridized carbons (Fsp3) is 0.400. The van der Waals surface area contributed by atoms with Crippen molar-refractivity contribution >= 4 is 11.9 Å². The van der Waals surface area contributed by atoms with Crippen LogP contribution in [0.25, 0.3) is 0 Å². The Labute approximate surface area is 109 Å². The average molecular weight is 246 g/mol. The van der Waals surface area contributed by atoms with Gasteiger partial charge in [0.05, 0.1) is 12.3 Å². The molecule has 1 rings (SSSR count). The smallest absolute Gasteiger partial charge is 0.0678 e. The molecule has 0 aliphatic rings. The minimum atomic E-state index is 0.105. The summed E-state index contributed by atoms with van der Waals surface area (Å²) in [7, 11) is 0. The molecule has 1 aromatic rings. The lowest BCUT2D eigenvalue weighted by molar-refractivity contribution is 0.319. The molecule has 0 saturated carbocycles. The summed E-state index contributed by atoms with van der Waals surface area (Å²) in [4.78, 5) is 2.23. The summed E-state index contributed by atoms with van der Waals surface area (Å²) in [5.74, 6) is 0. The van der Waals surface area contributed by atoms with Crippen molar-refractivity contribution < 1.29 is 5.21 Å². The van der Waals surface area contributed by atoms with Gasteiger partial charge in [-0.1, -0.05) is 41.9 Å². The van der Waals surface area contributed by atoms with E-state index in [1.54, 1.807) is 6.21 Å². The van der Waals surface area contributed by atoms with Gasteiger partial charge >= 0.3 is 0 Å². The number of allylic oxidation sites excluding steroid dienone is 1. The summed E-state index contributed by atoms with van der Waals surface area (Å²) in [6.45, 7) is 7.08. The Morgan fingerprint density at radius 3 is 2.50 bits per heavy atom. The molecular weight excluding hydrogens is 224 g/mol. The van der Waals surface area contributed by atoms with E-state index in [4.69, 9.17) is 5.21 Å².